The Bertz CT molecular complexity index is 1450. The zero-order valence-electron chi connectivity index (χ0n) is 23.2. The lowest BCUT2D eigenvalue weighted by Gasteiger charge is -2.40. The molecule has 0 bridgehead atoms. The third-order valence-electron chi connectivity index (χ3n) is 7.29. The molecule has 7 nitrogen and oxygen atoms in total. The summed E-state index contributed by atoms with van der Waals surface area (Å²) in [6.45, 7) is 3.78. The first-order valence-corrected chi connectivity index (χ1v) is 15.4. The lowest BCUT2D eigenvalue weighted by atomic mass is 10.1. The number of rotatable bonds is 10. The summed E-state index contributed by atoms with van der Waals surface area (Å²) in [5.41, 5.74) is 3.08. The summed E-state index contributed by atoms with van der Waals surface area (Å²) in [6, 6.07) is 27.7. The molecule has 41 heavy (non-hydrogen) atoms. The summed E-state index contributed by atoms with van der Waals surface area (Å²) in [5.74, 6) is 1.78. The van der Waals surface area contributed by atoms with Gasteiger partial charge in [-0.3, -0.25) is 14.2 Å². The number of piperazine rings is 1. The van der Waals surface area contributed by atoms with Gasteiger partial charge in [0.05, 0.1) is 0 Å². The molecule has 0 spiro atoms. The van der Waals surface area contributed by atoms with Gasteiger partial charge in [0.25, 0.3) is 0 Å². The lowest BCUT2D eigenvalue weighted by Crippen LogP contribution is -2.55. The highest BCUT2D eigenvalue weighted by molar-refractivity contribution is 7.99. The number of hydrogen-bond acceptors (Lipinski definition) is 5. The molecule has 0 aliphatic carbocycles. The van der Waals surface area contributed by atoms with Crippen molar-refractivity contribution in [3.8, 4) is 17.1 Å². The Balaban J connectivity index is 1.12. The van der Waals surface area contributed by atoms with Gasteiger partial charge < -0.3 is 9.80 Å². The smallest absolute Gasteiger partial charge is 0.223 e. The number of nitrogens with zero attached hydrogens (tertiary/aromatic N) is 5. The average Bonchev–Trinajstić information content (AvgIpc) is 3.43. The fourth-order valence-corrected chi connectivity index (χ4v) is 6.12. The third kappa shape index (κ3) is 7.37. The average molecular weight is 588 g/mol. The molecule has 1 aromatic heterocycles. The van der Waals surface area contributed by atoms with Gasteiger partial charge in [-0.25, -0.2) is 0 Å². The number of carbonyl (C=O) groups is 2. The van der Waals surface area contributed by atoms with Gasteiger partial charge >= 0.3 is 0 Å². The molecule has 2 heterocycles. The monoisotopic (exact) mass is 587 g/mol. The minimum absolute atomic E-state index is 0.0149. The normalized spacial score (nSPS) is 15.2. The number of amides is 2. The topological polar surface area (TPSA) is 71.3 Å². The molecule has 0 radical (unpaired) electrons. The van der Waals surface area contributed by atoms with Crippen LogP contribution in [0, 0.1) is 0 Å². The quantitative estimate of drug-likeness (QED) is 0.164. The Labute approximate surface area is 250 Å². The van der Waals surface area contributed by atoms with E-state index in [0.29, 0.717) is 37.5 Å². The van der Waals surface area contributed by atoms with Crippen LogP contribution in [0.3, 0.4) is 0 Å². The summed E-state index contributed by atoms with van der Waals surface area (Å²) in [4.78, 5) is 29.7. The van der Waals surface area contributed by atoms with Crippen LogP contribution in [-0.4, -0.2) is 67.8 Å². The Hall–Kier alpha value is -3.62. The highest BCUT2D eigenvalue weighted by atomic mass is 35.5. The van der Waals surface area contributed by atoms with Gasteiger partial charge in [-0.2, -0.15) is 0 Å². The molecule has 1 unspecified atom stereocenters. The van der Waals surface area contributed by atoms with Gasteiger partial charge in [0, 0.05) is 60.5 Å². The number of para-hydroxylation sites is 1. The van der Waals surface area contributed by atoms with Crippen LogP contribution in [0.2, 0.25) is 5.02 Å². The standard InChI is InChI=1S/C32H34ClN5O2S/c1-24-23-36(20-21-37(24)30(40)19-14-25-9-4-2-5-10-25)29(39)13-8-22-41-32-35-34-31(26-15-17-27(33)18-16-26)38(32)28-11-6-3-7-12-28/h2-7,9-12,15-18,24H,8,13-14,19-23H2,1H3. The van der Waals surface area contributed by atoms with Crippen molar-refractivity contribution in [3.63, 3.8) is 0 Å². The van der Waals surface area contributed by atoms with Crippen molar-refractivity contribution in [2.75, 3.05) is 25.4 Å². The summed E-state index contributed by atoms with van der Waals surface area (Å²) < 4.78 is 2.05. The van der Waals surface area contributed by atoms with Crippen molar-refractivity contribution in [3.05, 3.63) is 95.5 Å². The van der Waals surface area contributed by atoms with E-state index in [-0.39, 0.29) is 17.9 Å². The van der Waals surface area contributed by atoms with E-state index in [4.69, 9.17) is 11.6 Å². The molecule has 9 heteroatoms. The van der Waals surface area contributed by atoms with E-state index in [0.717, 1.165) is 40.8 Å². The van der Waals surface area contributed by atoms with E-state index in [9.17, 15) is 9.59 Å². The molecule has 1 aliphatic rings. The molecule has 1 aliphatic heterocycles. The highest BCUT2D eigenvalue weighted by Gasteiger charge is 2.29. The molecule has 5 rings (SSSR count). The van der Waals surface area contributed by atoms with Gasteiger partial charge in [-0.15, -0.1) is 10.2 Å². The first-order valence-electron chi connectivity index (χ1n) is 14.0. The fraction of sp³-hybridized carbons (Fsp3) is 0.312. The summed E-state index contributed by atoms with van der Waals surface area (Å²) in [6.07, 6.45) is 2.42. The number of halogens is 1. The highest BCUT2D eigenvalue weighted by Crippen LogP contribution is 2.29. The predicted molar refractivity (Wildman–Crippen MR) is 164 cm³/mol. The van der Waals surface area contributed by atoms with Crippen LogP contribution in [0.5, 0.6) is 0 Å². The fourth-order valence-electron chi connectivity index (χ4n) is 5.10. The molecule has 2 amide bonds. The van der Waals surface area contributed by atoms with Crippen LogP contribution < -0.4 is 0 Å². The molecule has 3 aromatic carbocycles. The van der Waals surface area contributed by atoms with E-state index in [1.165, 1.54) is 5.56 Å². The molecule has 1 fully saturated rings. The molecule has 212 valence electrons. The van der Waals surface area contributed by atoms with Crippen LogP contribution in [0.1, 0.15) is 31.7 Å². The van der Waals surface area contributed by atoms with Crippen LogP contribution in [0.4, 0.5) is 0 Å². The van der Waals surface area contributed by atoms with Crippen LogP contribution in [0.25, 0.3) is 17.1 Å². The van der Waals surface area contributed by atoms with E-state index in [1.54, 1.807) is 11.8 Å². The number of aromatic nitrogens is 3. The SMILES string of the molecule is CC1CN(C(=O)CCCSc2nnc(-c3ccc(Cl)cc3)n2-c2ccccc2)CCN1C(=O)CCc1ccccc1. The van der Waals surface area contributed by atoms with Crippen LogP contribution in [0.15, 0.2) is 90.1 Å². The molecule has 1 saturated heterocycles. The zero-order valence-corrected chi connectivity index (χ0v) is 24.7. The maximum Gasteiger partial charge on any atom is 0.223 e. The molecule has 0 N–H and O–H groups in total. The second kappa shape index (κ2) is 13.8. The number of aryl methyl sites for hydroxylation is 1. The second-order valence-corrected chi connectivity index (χ2v) is 11.7. The van der Waals surface area contributed by atoms with Crippen molar-refractivity contribution in [1.82, 2.24) is 24.6 Å². The maximum absolute atomic E-state index is 13.0. The van der Waals surface area contributed by atoms with Gasteiger partial charge in [-0.1, -0.05) is 71.9 Å². The van der Waals surface area contributed by atoms with E-state index in [1.807, 2.05) is 94.1 Å². The van der Waals surface area contributed by atoms with Crippen molar-refractivity contribution >= 4 is 35.2 Å². The number of hydrogen-bond donors (Lipinski definition) is 0. The van der Waals surface area contributed by atoms with Gasteiger partial charge in [0.1, 0.15) is 0 Å². The second-order valence-electron chi connectivity index (χ2n) is 10.2. The molecular formula is C32H34ClN5O2S. The minimum Gasteiger partial charge on any atom is -0.339 e. The van der Waals surface area contributed by atoms with Gasteiger partial charge in [-0.05, 0) is 61.7 Å². The zero-order chi connectivity index (χ0) is 28.6. The van der Waals surface area contributed by atoms with Crippen LogP contribution >= 0.6 is 23.4 Å². The Morgan fingerprint density at radius 1 is 0.878 bits per heavy atom. The van der Waals surface area contributed by atoms with Crippen molar-refractivity contribution in [2.24, 2.45) is 0 Å². The third-order valence-corrected chi connectivity index (χ3v) is 8.55. The number of thioether (sulfide) groups is 1. The van der Waals surface area contributed by atoms with Crippen molar-refractivity contribution < 1.29 is 9.59 Å². The van der Waals surface area contributed by atoms with Gasteiger partial charge in [0.15, 0.2) is 11.0 Å². The van der Waals surface area contributed by atoms with E-state index >= 15 is 0 Å². The predicted octanol–water partition coefficient (Wildman–Crippen LogP) is 6.15. The van der Waals surface area contributed by atoms with Crippen molar-refractivity contribution in [1.29, 1.82) is 0 Å². The first-order chi connectivity index (χ1) is 20.0. The van der Waals surface area contributed by atoms with E-state index < -0.39 is 0 Å². The molecular weight excluding hydrogens is 554 g/mol. The summed E-state index contributed by atoms with van der Waals surface area (Å²) in [7, 11) is 0. The summed E-state index contributed by atoms with van der Waals surface area (Å²) >= 11 is 7.69. The number of carbonyl (C=O) groups excluding carboxylic acids is 2. The lowest BCUT2D eigenvalue weighted by molar-refractivity contribution is -0.142. The molecule has 0 saturated carbocycles. The van der Waals surface area contributed by atoms with Crippen LogP contribution in [-0.2, 0) is 16.0 Å². The number of benzene rings is 3. The van der Waals surface area contributed by atoms with Crippen molar-refractivity contribution in [2.45, 2.75) is 43.8 Å². The van der Waals surface area contributed by atoms with Gasteiger partial charge in [0.2, 0.25) is 11.8 Å². The Kier molecular flexibility index (Phi) is 9.75. The minimum atomic E-state index is 0.0149. The molecule has 1 atom stereocenters. The van der Waals surface area contributed by atoms with E-state index in [2.05, 4.69) is 22.3 Å². The summed E-state index contributed by atoms with van der Waals surface area (Å²) in [5, 5.41) is 10.4. The maximum atomic E-state index is 13.0. The first kappa shape index (κ1) is 28.9. The molecule has 4 aromatic rings. The Morgan fingerprint density at radius 3 is 2.29 bits per heavy atom. The largest absolute Gasteiger partial charge is 0.339 e. The Morgan fingerprint density at radius 2 is 1.59 bits per heavy atom.